The normalized spacial score (nSPS) is 11.6. The van der Waals surface area contributed by atoms with Gasteiger partial charge in [-0.1, -0.05) is 19.1 Å². The molecule has 0 saturated carbocycles. The maximum absolute atomic E-state index is 12.6. The van der Waals surface area contributed by atoms with Crippen molar-refractivity contribution in [3.63, 3.8) is 0 Å². The van der Waals surface area contributed by atoms with E-state index in [2.05, 4.69) is 26.3 Å². The maximum atomic E-state index is 12.6. The number of aromatic nitrogens is 1. The number of hydrogen-bond donors (Lipinski definition) is 4. The first-order valence-corrected chi connectivity index (χ1v) is 13.6. The van der Waals surface area contributed by atoms with Crippen molar-refractivity contribution in [3.8, 4) is 11.3 Å². The van der Waals surface area contributed by atoms with Crippen LogP contribution in [0, 0.1) is 6.92 Å². The van der Waals surface area contributed by atoms with E-state index in [0.717, 1.165) is 16.7 Å². The van der Waals surface area contributed by atoms with Crippen molar-refractivity contribution in [2.75, 3.05) is 23.8 Å². The molecule has 4 amide bonds. The molecule has 1 atom stereocenters. The molecule has 13 nitrogen and oxygen atoms in total. The van der Waals surface area contributed by atoms with Crippen molar-refractivity contribution in [2.24, 2.45) is 0 Å². The first-order chi connectivity index (χ1) is 20.4. The minimum atomic E-state index is -0.739. The Labute approximate surface area is 249 Å². The highest BCUT2D eigenvalue weighted by molar-refractivity contribution is 6.00. The standard InChI is InChI=1S/C30H37N5O8/c1-6-23(17-40-26(36)16-33-29(39)43-30(3,4)5)42-28(38)32-14-20-8-7-9-21(13-20)34-27(37)35-22-10-11-24(19(2)12-22)25-15-31-18-41-25/h7-13,15,18,23H,6,14,16-17H2,1-5H3,(H,32,38)(H,33,39)(H2,34,35,37)/t23-/m1/s1. The Bertz CT molecular complexity index is 1400. The number of carbonyl (C=O) groups excluding carboxylic acids is 4. The molecule has 230 valence electrons. The second kappa shape index (κ2) is 15.2. The lowest BCUT2D eigenvalue weighted by Gasteiger charge is -2.20. The van der Waals surface area contributed by atoms with E-state index >= 15 is 0 Å². The van der Waals surface area contributed by atoms with E-state index in [-0.39, 0.29) is 19.7 Å². The van der Waals surface area contributed by atoms with Gasteiger partial charge in [-0.05, 0) is 75.6 Å². The van der Waals surface area contributed by atoms with Gasteiger partial charge in [-0.3, -0.25) is 4.79 Å². The van der Waals surface area contributed by atoms with Crippen molar-refractivity contribution in [2.45, 2.75) is 59.3 Å². The topological polar surface area (TPSA) is 170 Å². The molecule has 1 aromatic heterocycles. The van der Waals surface area contributed by atoms with Crippen LogP contribution >= 0.6 is 0 Å². The number of carbonyl (C=O) groups is 4. The first kappa shape index (κ1) is 32.4. The lowest BCUT2D eigenvalue weighted by Crippen LogP contribution is -2.37. The molecule has 0 fully saturated rings. The average molecular weight is 596 g/mol. The molecule has 13 heteroatoms. The van der Waals surface area contributed by atoms with Crippen LogP contribution in [0.5, 0.6) is 0 Å². The molecule has 2 aromatic carbocycles. The van der Waals surface area contributed by atoms with Gasteiger partial charge in [-0.2, -0.15) is 0 Å². The smallest absolute Gasteiger partial charge is 0.408 e. The third kappa shape index (κ3) is 11.4. The van der Waals surface area contributed by atoms with Crippen LogP contribution < -0.4 is 21.3 Å². The molecule has 0 radical (unpaired) electrons. The number of anilines is 2. The molecule has 0 aliphatic rings. The molecule has 3 rings (SSSR count). The zero-order valence-electron chi connectivity index (χ0n) is 24.8. The number of hydrogen-bond acceptors (Lipinski definition) is 9. The number of urea groups is 1. The largest absolute Gasteiger partial charge is 0.460 e. The highest BCUT2D eigenvalue weighted by Gasteiger charge is 2.19. The number of alkyl carbamates (subject to hydrolysis) is 2. The van der Waals surface area contributed by atoms with Crippen LogP contribution in [-0.4, -0.2) is 54.0 Å². The third-order valence-electron chi connectivity index (χ3n) is 5.74. The van der Waals surface area contributed by atoms with Gasteiger partial charge in [-0.15, -0.1) is 0 Å². The summed E-state index contributed by atoms with van der Waals surface area (Å²) >= 11 is 0. The van der Waals surface area contributed by atoms with Crippen molar-refractivity contribution < 1.29 is 37.8 Å². The van der Waals surface area contributed by atoms with Gasteiger partial charge in [0.2, 0.25) is 0 Å². The number of aryl methyl sites for hydroxylation is 1. The van der Waals surface area contributed by atoms with Crippen LogP contribution in [0.2, 0.25) is 0 Å². The summed E-state index contributed by atoms with van der Waals surface area (Å²) in [5.74, 6) is -0.0543. The van der Waals surface area contributed by atoms with Crippen LogP contribution in [-0.2, 0) is 25.5 Å². The van der Waals surface area contributed by atoms with E-state index in [4.69, 9.17) is 18.6 Å². The summed E-state index contributed by atoms with van der Waals surface area (Å²) in [6.45, 7) is 8.38. The minimum Gasteiger partial charge on any atom is -0.460 e. The number of amides is 4. The Morgan fingerprint density at radius 3 is 2.37 bits per heavy atom. The predicted octanol–water partition coefficient (Wildman–Crippen LogP) is 5.37. The van der Waals surface area contributed by atoms with Gasteiger partial charge >= 0.3 is 24.2 Å². The van der Waals surface area contributed by atoms with Crippen LogP contribution in [0.25, 0.3) is 11.3 Å². The molecule has 0 saturated heterocycles. The second-order valence-electron chi connectivity index (χ2n) is 10.5. The number of oxazole rings is 1. The maximum Gasteiger partial charge on any atom is 0.408 e. The predicted molar refractivity (Wildman–Crippen MR) is 158 cm³/mol. The summed E-state index contributed by atoms with van der Waals surface area (Å²) in [5, 5.41) is 10.5. The van der Waals surface area contributed by atoms with E-state index in [1.165, 1.54) is 6.39 Å². The van der Waals surface area contributed by atoms with Gasteiger partial charge in [0, 0.05) is 23.5 Å². The fourth-order valence-corrected chi connectivity index (χ4v) is 3.72. The molecule has 1 heterocycles. The van der Waals surface area contributed by atoms with E-state index < -0.39 is 35.9 Å². The highest BCUT2D eigenvalue weighted by atomic mass is 16.6. The molecule has 43 heavy (non-hydrogen) atoms. The van der Waals surface area contributed by atoms with Crippen LogP contribution in [0.15, 0.2) is 59.5 Å². The molecule has 0 bridgehead atoms. The number of ether oxygens (including phenoxy) is 3. The van der Waals surface area contributed by atoms with Crippen molar-refractivity contribution >= 4 is 35.6 Å². The van der Waals surface area contributed by atoms with Crippen LogP contribution in [0.4, 0.5) is 25.8 Å². The van der Waals surface area contributed by atoms with Gasteiger partial charge < -0.3 is 39.9 Å². The zero-order chi connectivity index (χ0) is 31.4. The number of nitrogens with one attached hydrogen (secondary N) is 4. The SMILES string of the molecule is CC[C@H](COC(=O)CNC(=O)OC(C)(C)C)OC(=O)NCc1cccc(NC(=O)Nc2ccc(-c3cnco3)c(C)c2)c1. The summed E-state index contributed by atoms with van der Waals surface area (Å²) in [4.78, 5) is 52.4. The summed E-state index contributed by atoms with van der Waals surface area (Å²) in [5.41, 5.74) is 2.94. The zero-order valence-corrected chi connectivity index (χ0v) is 24.8. The van der Waals surface area contributed by atoms with E-state index in [0.29, 0.717) is 23.6 Å². The molecule has 4 N–H and O–H groups in total. The van der Waals surface area contributed by atoms with Crippen molar-refractivity contribution in [3.05, 3.63) is 66.2 Å². The molecular weight excluding hydrogens is 558 g/mol. The Morgan fingerprint density at radius 1 is 0.977 bits per heavy atom. The number of benzene rings is 2. The van der Waals surface area contributed by atoms with Gasteiger partial charge in [0.25, 0.3) is 0 Å². The summed E-state index contributed by atoms with van der Waals surface area (Å²) in [6, 6.07) is 12.0. The summed E-state index contributed by atoms with van der Waals surface area (Å²) in [7, 11) is 0. The van der Waals surface area contributed by atoms with E-state index in [1.54, 1.807) is 64.2 Å². The van der Waals surface area contributed by atoms with Crippen molar-refractivity contribution in [1.82, 2.24) is 15.6 Å². The number of esters is 1. The van der Waals surface area contributed by atoms with E-state index in [9.17, 15) is 19.2 Å². The summed E-state index contributed by atoms with van der Waals surface area (Å²) in [6.07, 6.45) is 1.26. The Hall–Kier alpha value is -5.07. The van der Waals surface area contributed by atoms with Gasteiger partial charge in [-0.25, -0.2) is 19.4 Å². The molecular formula is C30H37N5O8. The first-order valence-electron chi connectivity index (χ1n) is 13.6. The fourth-order valence-electron chi connectivity index (χ4n) is 3.72. The number of nitrogens with zero attached hydrogens (tertiary/aromatic N) is 1. The Morgan fingerprint density at radius 2 is 1.72 bits per heavy atom. The molecule has 0 aliphatic heterocycles. The molecule has 3 aromatic rings. The van der Waals surface area contributed by atoms with Crippen LogP contribution in [0.1, 0.15) is 45.2 Å². The monoisotopic (exact) mass is 595 g/mol. The second-order valence-corrected chi connectivity index (χ2v) is 10.5. The molecule has 0 spiro atoms. The van der Waals surface area contributed by atoms with E-state index in [1.807, 2.05) is 19.1 Å². The van der Waals surface area contributed by atoms with Gasteiger partial charge in [0.05, 0.1) is 6.20 Å². The number of rotatable bonds is 11. The molecule has 0 aliphatic carbocycles. The fraction of sp³-hybridized carbons (Fsp3) is 0.367. The summed E-state index contributed by atoms with van der Waals surface area (Å²) < 4.78 is 20.8. The minimum absolute atomic E-state index is 0.133. The lowest BCUT2D eigenvalue weighted by molar-refractivity contribution is -0.145. The Balaban J connectivity index is 1.41. The van der Waals surface area contributed by atoms with Crippen molar-refractivity contribution in [1.29, 1.82) is 0 Å². The average Bonchev–Trinajstić information content (AvgIpc) is 3.47. The van der Waals surface area contributed by atoms with Gasteiger partial charge in [0.1, 0.15) is 24.9 Å². The highest BCUT2D eigenvalue weighted by Crippen LogP contribution is 2.25. The van der Waals surface area contributed by atoms with Crippen LogP contribution in [0.3, 0.4) is 0 Å². The quantitative estimate of drug-likeness (QED) is 0.168. The van der Waals surface area contributed by atoms with Gasteiger partial charge in [0.15, 0.2) is 12.2 Å². The third-order valence-corrected chi connectivity index (χ3v) is 5.74. The lowest BCUT2D eigenvalue weighted by atomic mass is 10.1. The Kier molecular flexibility index (Phi) is 11.5. The molecule has 0 unspecified atom stereocenters.